The van der Waals surface area contributed by atoms with E-state index in [0.717, 1.165) is 29.7 Å². The predicted molar refractivity (Wildman–Crippen MR) is 168 cm³/mol. The van der Waals surface area contributed by atoms with Crippen LogP contribution in [0.2, 0.25) is 0 Å². The van der Waals surface area contributed by atoms with Crippen LogP contribution in [0.15, 0.2) is 76.6 Å². The number of benzene rings is 3. The highest BCUT2D eigenvalue weighted by molar-refractivity contribution is 8.00. The summed E-state index contributed by atoms with van der Waals surface area (Å²) in [5.41, 5.74) is 2.80. The van der Waals surface area contributed by atoms with Gasteiger partial charge in [0, 0.05) is 17.7 Å². The fourth-order valence-electron chi connectivity index (χ4n) is 5.26. The molecule has 8 nitrogen and oxygen atoms in total. The number of fused-ring (bicyclic) bond motifs is 1. The van der Waals surface area contributed by atoms with Crippen LogP contribution in [-0.4, -0.2) is 39.7 Å². The van der Waals surface area contributed by atoms with Crippen molar-refractivity contribution in [2.75, 3.05) is 11.5 Å². The average molecular weight is 632 g/mol. The molecule has 1 saturated heterocycles. The normalized spacial score (nSPS) is 18.8. The number of carbonyl (C=O) groups is 2. The van der Waals surface area contributed by atoms with Crippen LogP contribution in [0.4, 0.5) is 9.52 Å². The van der Waals surface area contributed by atoms with Crippen molar-refractivity contribution in [3.63, 3.8) is 0 Å². The Kier molecular flexibility index (Phi) is 8.67. The zero-order chi connectivity index (χ0) is 30.8. The third kappa shape index (κ3) is 6.07. The molecule has 2 atom stereocenters. The van der Waals surface area contributed by atoms with Gasteiger partial charge in [-0.15, -0.1) is 10.2 Å². The number of anilines is 1. The summed E-state index contributed by atoms with van der Waals surface area (Å²) in [4.78, 5) is 28.6. The second-order valence-electron chi connectivity index (χ2n) is 10.7. The quantitative estimate of drug-likeness (QED) is 0.0494. The van der Waals surface area contributed by atoms with Gasteiger partial charge in [0.25, 0.3) is 5.78 Å². The van der Waals surface area contributed by atoms with Crippen molar-refractivity contribution in [2.45, 2.75) is 55.3 Å². The Balaban J connectivity index is 1.38. The lowest BCUT2D eigenvalue weighted by Crippen LogP contribution is -2.29. The number of thioether (sulfide) groups is 1. The van der Waals surface area contributed by atoms with Gasteiger partial charge in [-0.05, 0) is 72.5 Å². The van der Waals surface area contributed by atoms with Gasteiger partial charge in [-0.25, -0.2) is 4.39 Å². The Hall–Kier alpha value is -4.22. The maximum Gasteiger partial charge on any atom is 0.301 e. The molecule has 1 fully saturated rings. The van der Waals surface area contributed by atoms with E-state index in [0.29, 0.717) is 40.0 Å². The topological polar surface area (TPSA) is 102 Å². The number of amides is 1. The molecule has 11 heteroatoms. The molecule has 0 saturated carbocycles. The Morgan fingerprint density at radius 2 is 1.95 bits per heavy atom. The van der Waals surface area contributed by atoms with Crippen LogP contribution >= 0.6 is 23.1 Å². The lowest BCUT2D eigenvalue weighted by molar-refractivity contribution is -0.132. The summed E-state index contributed by atoms with van der Waals surface area (Å²) >= 11 is 2.56. The molecule has 2 aliphatic rings. The molecule has 2 aliphatic heterocycles. The fourth-order valence-corrected chi connectivity index (χ4v) is 7.09. The van der Waals surface area contributed by atoms with Crippen LogP contribution in [-0.2, 0) is 21.8 Å². The number of rotatable bonds is 10. The third-order valence-electron chi connectivity index (χ3n) is 7.43. The van der Waals surface area contributed by atoms with Gasteiger partial charge in [0.1, 0.15) is 29.2 Å². The maximum atomic E-state index is 13.7. The van der Waals surface area contributed by atoms with Crippen molar-refractivity contribution >= 4 is 45.7 Å². The van der Waals surface area contributed by atoms with E-state index in [1.807, 2.05) is 13.0 Å². The van der Waals surface area contributed by atoms with Crippen molar-refractivity contribution < 1.29 is 28.6 Å². The second-order valence-corrected chi connectivity index (χ2v) is 12.8. The van der Waals surface area contributed by atoms with E-state index in [9.17, 15) is 19.1 Å². The highest BCUT2D eigenvalue weighted by atomic mass is 32.2. The second kappa shape index (κ2) is 12.8. The Morgan fingerprint density at radius 1 is 1.14 bits per heavy atom. The molecule has 4 aromatic rings. The standard InChI is InChI=1S/C33H30FN3O5S2/c1-3-4-14-41-25-7-5-6-21(17-25)28-27(29(38)22-10-13-26-23(16-22)15-19(2)42-26)30(39)31(40)37(28)32-35-36-33(44-32)43-18-20-8-11-24(34)12-9-20/h5-13,16-17,19,28,38H,3-4,14-15,18H2,1-2H3/t19-,28-/m1/s1. The molecule has 3 heterocycles. The van der Waals surface area contributed by atoms with Gasteiger partial charge < -0.3 is 14.6 Å². The Labute approximate surface area is 262 Å². The molecule has 1 amide bonds. The third-order valence-corrected chi connectivity index (χ3v) is 9.56. The average Bonchev–Trinajstić information content (AvgIpc) is 3.71. The molecule has 0 aliphatic carbocycles. The number of aromatic nitrogens is 2. The predicted octanol–water partition coefficient (Wildman–Crippen LogP) is 7.10. The van der Waals surface area contributed by atoms with Crippen LogP contribution in [0.25, 0.3) is 5.76 Å². The summed E-state index contributed by atoms with van der Waals surface area (Å²) in [5.74, 6) is -0.347. The zero-order valence-corrected chi connectivity index (χ0v) is 25.8. The van der Waals surface area contributed by atoms with Crippen molar-refractivity contribution in [3.05, 3.63) is 100 Å². The first kappa shape index (κ1) is 29.8. The number of hydrogen-bond acceptors (Lipinski definition) is 9. The summed E-state index contributed by atoms with van der Waals surface area (Å²) in [6, 6.07) is 17.7. The number of hydrogen-bond donors (Lipinski definition) is 1. The molecular weight excluding hydrogens is 602 g/mol. The maximum absolute atomic E-state index is 13.7. The number of ketones is 1. The zero-order valence-electron chi connectivity index (χ0n) is 24.2. The minimum absolute atomic E-state index is 0.0101. The smallest absolute Gasteiger partial charge is 0.301 e. The van der Waals surface area contributed by atoms with Crippen molar-refractivity contribution in [1.82, 2.24) is 10.2 Å². The van der Waals surface area contributed by atoms with Crippen LogP contribution in [0, 0.1) is 5.82 Å². The number of halogens is 1. The SMILES string of the molecule is CCCCOc1cccc([C@@H]2C(=C(O)c3ccc4c(c3)C[C@@H](C)O4)C(=O)C(=O)N2c2nnc(SCc3ccc(F)cc3)s2)c1. The van der Waals surface area contributed by atoms with Gasteiger partial charge in [0.2, 0.25) is 5.13 Å². The number of ether oxygens (including phenoxy) is 2. The fraction of sp³-hybridized carbons (Fsp3) is 0.273. The monoisotopic (exact) mass is 631 g/mol. The van der Waals surface area contributed by atoms with E-state index >= 15 is 0 Å². The van der Waals surface area contributed by atoms with Crippen LogP contribution in [0.5, 0.6) is 11.5 Å². The van der Waals surface area contributed by atoms with E-state index in [4.69, 9.17) is 9.47 Å². The van der Waals surface area contributed by atoms with Gasteiger partial charge >= 0.3 is 5.91 Å². The Bertz CT molecular complexity index is 1740. The molecule has 0 radical (unpaired) electrons. The van der Waals surface area contributed by atoms with Gasteiger partial charge in [-0.1, -0.05) is 60.7 Å². The largest absolute Gasteiger partial charge is 0.507 e. The molecule has 0 unspecified atom stereocenters. The lowest BCUT2D eigenvalue weighted by atomic mass is 9.94. The van der Waals surface area contributed by atoms with E-state index in [2.05, 4.69) is 17.1 Å². The van der Waals surface area contributed by atoms with Crippen molar-refractivity contribution in [1.29, 1.82) is 0 Å². The molecular formula is C33H30FN3O5S2. The molecule has 1 aromatic heterocycles. The number of nitrogens with zero attached hydrogens (tertiary/aromatic N) is 3. The van der Waals surface area contributed by atoms with Crippen LogP contribution in [0.3, 0.4) is 0 Å². The highest BCUT2D eigenvalue weighted by Gasteiger charge is 2.48. The minimum Gasteiger partial charge on any atom is -0.507 e. The molecule has 0 bridgehead atoms. The van der Waals surface area contributed by atoms with Gasteiger partial charge in [0.15, 0.2) is 4.34 Å². The first-order valence-corrected chi connectivity index (χ1v) is 16.2. The minimum atomic E-state index is -0.962. The number of aliphatic hydroxyl groups is 1. The van der Waals surface area contributed by atoms with Crippen LogP contribution in [0.1, 0.15) is 55.0 Å². The number of carbonyl (C=O) groups excluding carboxylic acids is 2. The summed E-state index contributed by atoms with van der Waals surface area (Å²) in [6.45, 7) is 4.57. The summed E-state index contributed by atoms with van der Waals surface area (Å²) < 4.78 is 25.6. The van der Waals surface area contributed by atoms with E-state index in [-0.39, 0.29) is 28.4 Å². The molecule has 226 valence electrons. The van der Waals surface area contributed by atoms with Gasteiger partial charge in [-0.3, -0.25) is 14.5 Å². The molecule has 0 spiro atoms. The summed E-state index contributed by atoms with van der Waals surface area (Å²) in [7, 11) is 0. The molecule has 1 N–H and O–H groups in total. The van der Waals surface area contributed by atoms with E-state index in [1.54, 1.807) is 48.5 Å². The molecule has 6 rings (SSSR count). The summed E-state index contributed by atoms with van der Waals surface area (Å²) in [5, 5.41) is 20.4. The highest BCUT2D eigenvalue weighted by Crippen LogP contribution is 2.45. The van der Waals surface area contributed by atoms with Crippen LogP contribution < -0.4 is 14.4 Å². The van der Waals surface area contributed by atoms with Crippen molar-refractivity contribution in [2.24, 2.45) is 0 Å². The molecule has 3 aromatic carbocycles. The lowest BCUT2D eigenvalue weighted by Gasteiger charge is -2.23. The van der Waals surface area contributed by atoms with Gasteiger partial charge in [-0.2, -0.15) is 0 Å². The Morgan fingerprint density at radius 3 is 2.75 bits per heavy atom. The van der Waals surface area contributed by atoms with Gasteiger partial charge in [0.05, 0.1) is 18.2 Å². The number of Topliss-reactive ketones (excluding diaryl/α,β-unsaturated/α-hetero) is 1. The molecule has 44 heavy (non-hydrogen) atoms. The van der Waals surface area contributed by atoms with Crippen molar-refractivity contribution in [3.8, 4) is 11.5 Å². The van der Waals surface area contributed by atoms with E-state index in [1.165, 1.54) is 40.1 Å². The first-order valence-electron chi connectivity index (χ1n) is 14.4. The van der Waals surface area contributed by atoms with E-state index < -0.39 is 17.7 Å². The number of unbranched alkanes of at least 4 members (excludes halogenated alkanes) is 1. The number of aliphatic hydroxyl groups excluding tert-OH is 1. The summed E-state index contributed by atoms with van der Waals surface area (Å²) in [6.07, 6.45) is 2.54. The first-order chi connectivity index (χ1) is 21.3.